The molecule has 2 aliphatic rings. The third-order valence-corrected chi connectivity index (χ3v) is 7.30. The molecule has 2 aliphatic carbocycles. The molecule has 1 fully saturated rings. The van der Waals surface area contributed by atoms with E-state index in [0.29, 0.717) is 23.5 Å². The van der Waals surface area contributed by atoms with E-state index in [-0.39, 0.29) is 6.10 Å². The first-order valence-electron chi connectivity index (χ1n) is 13.1. The lowest BCUT2D eigenvalue weighted by molar-refractivity contribution is 0.0466. The topological polar surface area (TPSA) is 9.23 Å². The number of allylic oxidation sites excluding steroid dienone is 3. The van der Waals surface area contributed by atoms with Gasteiger partial charge in [0.15, 0.2) is 11.6 Å². The molecule has 1 unspecified atom stereocenters. The zero-order valence-electron chi connectivity index (χ0n) is 20.2. The molecular weight excluding hydrogens is 402 g/mol. The van der Waals surface area contributed by atoms with Crippen LogP contribution in [0.4, 0.5) is 8.78 Å². The van der Waals surface area contributed by atoms with Crippen LogP contribution in [0, 0.1) is 23.5 Å². The Kier molecular flexibility index (Phi) is 10.4. The van der Waals surface area contributed by atoms with E-state index < -0.39 is 11.6 Å². The molecule has 0 amide bonds. The zero-order chi connectivity index (χ0) is 22.8. The van der Waals surface area contributed by atoms with Crippen LogP contribution in [0.3, 0.4) is 0 Å². The second-order valence-electron chi connectivity index (χ2n) is 9.79. The fourth-order valence-corrected chi connectivity index (χ4v) is 5.24. The van der Waals surface area contributed by atoms with Gasteiger partial charge in [-0.25, -0.2) is 8.78 Å². The third kappa shape index (κ3) is 7.27. The first-order valence-corrected chi connectivity index (χ1v) is 13.1. The molecule has 0 spiro atoms. The molecule has 1 aromatic rings. The lowest BCUT2D eigenvalue weighted by atomic mass is 9.80. The van der Waals surface area contributed by atoms with E-state index >= 15 is 0 Å². The summed E-state index contributed by atoms with van der Waals surface area (Å²) in [6.07, 6.45) is 20.6. The SMILES string of the molecule is CCCCOC1CC=C(c2ccc(CC/C=C/C3CCC(CCC)CC3)c(F)c2F)CC1. The van der Waals surface area contributed by atoms with E-state index in [1.807, 2.05) is 6.08 Å². The summed E-state index contributed by atoms with van der Waals surface area (Å²) in [5.41, 5.74) is 1.83. The quantitative estimate of drug-likeness (QED) is 0.245. The molecule has 3 rings (SSSR count). The number of benzene rings is 1. The number of rotatable bonds is 11. The predicted molar refractivity (Wildman–Crippen MR) is 131 cm³/mol. The lowest BCUT2D eigenvalue weighted by Gasteiger charge is -2.26. The smallest absolute Gasteiger partial charge is 0.166 e. The van der Waals surface area contributed by atoms with Crippen LogP contribution in [-0.4, -0.2) is 12.7 Å². The molecular formula is C29H42F2O. The number of hydrogen-bond donors (Lipinski definition) is 0. The van der Waals surface area contributed by atoms with E-state index in [1.165, 1.54) is 38.5 Å². The Morgan fingerprint density at radius 3 is 2.50 bits per heavy atom. The Morgan fingerprint density at radius 1 is 1.00 bits per heavy atom. The molecule has 1 saturated carbocycles. The number of aryl methyl sites for hydroxylation is 1. The van der Waals surface area contributed by atoms with E-state index in [0.717, 1.165) is 56.6 Å². The normalized spacial score (nSPS) is 24.1. The summed E-state index contributed by atoms with van der Waals surface area (Å²) in [6, 6.07) is 3.55. The Labute approximate surface area is 194 Å². The van der Waals surface area contributed by atoms with Crippen molar-refractivity contribution in [2.45, 2.75) is 103 Å². The molecule has 1 nitrogen and oxygen atoms in total. The summed E-state index contributed by atoms with van der Waals surface area (Å²) >= 11 is 0. The number of halogens is 2. The minimum absolute atomic E-state index is 0.214. The molecule has 178 valence electrons. The van der Waals surface area contributed by atoms with Crippen molar-refractivity contribution in [1.82, 2.24) is 0 Å². The summed E-state index contributed by atoms with van der Waals surface area (Å²) in [6.45, 7) is 5.21. The van der Waals surface area contributed by atoms with Crippen molar-refractivity contribution in [2.75, 3.05) is 6.61 Å². The number of hydrogen-bond acceptors (Lipinski definition) is 1. The van der Waals surface area contributed by atoms with Gasteiger partial charge < -0.3 is 4.74 Å². The third-order valence-electron chi connectivity index (χ3n) is 7.30. The maximum atomic E-state index is 14.8. The summed E-state index contributed by atoms with van der Waals surface area (Å²) in [5, 5.41) is 0. The van der Waals surface area contributed by atoms with Gasteiger partial charge in [-0.1, -0.05) is 63.5 Å². The largest absolute Gasteiger partial charge is 0.378 e. The van der Waals surface area contributed by atoms with Gasteiger partial charge in [-0.2, -0.15) is 0 Å². The Balaban J connectivity index is 1.48. The maximum absolute atomic E-state index is 14.8. The van der Waals surface area contributed by atoms with Gasteiger partial charge in [0.05, 0.1) is 6.10 Å². The highest BCUT2D eigenvalue weighted by atomic mass is 19.2. The van der Waals surface area contributed by atoms with Gasteiger partial charge in [-0.3, -0.25) is 0 Å². The van der Waals surface area contributed by atoms with Crippen LogP contribution >= 0.6 is 0 Å². The molecule has 0 aromatic heterocycles. The summed E-state index contributed by atoms with van der Waals surface area (Å²) in [5.74, 6) is 0.231. The van der Waals surface area contributed by atoms with Crippen molar-refractivity contribution in [2.24, 2.45) is 11.8 Å². The van der Waals surface area contributed by atoms with Crippen molar-refractivity contribution in [3.05, 3.63) is 53.1 Å². The Bertz CT molecular complexity index is 759. The van der Waals surface area contributed by atoms with Gasteiger partial charge >= 0.3 is 0 Å². The second kappa shape index (κ2) is 13.3. The molecule has 0 aliphatic heterocycles. The van der Waals surface area contributed by atoms with Gasteiger partial charge in [0.25, 0.3) is 0 Å². The fourth-order valence-electron chi connectivity index (χ4n) is 5.24. The summed E-state index contributed by atoms with van der Waals surface area (Å²) in [4.78, 5) is 0. The first kappa shape index (κ1) is 25.1. The molecule has 1 atom stereocenters. The van der Waals surface area contributed by atoms with E-state index in [2.05, 4.69) is 26.0 Å². The van der Waals surface area contributed by atoms with E-state index in [9.17, 15) is 8.78 Å². The van der Waals surface area contributed by atoms with Crippen molar-refractivity contribution < 1.29 is 13.5 Å². The van der Waals surface area contributed by atoms with E-state index in [1.54, 1.807) is 12.1 Å². The number of ether oxygens (including phenoxy) is 1. The Morgan fingerprint density at radius 2 is 1.81 bits per heavy atom. The standard InChI is InChI=1S/C29H42F2O/c1-3-5-21-32-26-18-15-24(16-19-26)27-20-17-25(28(30)29(27)31)10-7-6-9-23-13-11-22(8-4-2)12-14-23/h6,9,15,17,20,22-23,26H,3-5,7-8,10-14,16,18-19,21H2,1-2H3/b9-6+. The minimum Gasteiger partial charge on any atom is -0.378 e. The van der Waals surface area contributed by atoms with Gasteiger partial charge in [0.2, 0.25) is 0 Å². The Hall–Kier alpha value is -1.48. The van der Waals surface area contributed by atoms with Crippen LogP contribution in [0.25, 0.3) is 5.57 Å². The molecule has 0 heterocycles. The van der Waals surface area contributed by atoms with Gasteiger partial charge in [-0.05, 0) is 87.2 Å². The van der Waals surface area contributed by atoms with Gasteiger partial charge in [0.1, 0.15) is 0 Å². The monoisotopic (exact) mass is 444 g/mol. The molecule has 0 bridgehead atoms. The highest BCUT2D eigenvalue weighted by molar-refractivity contribution is 5.67. The van der Waals surface area contributed by atoms with Gasteiger partial charge in [0, 0.05) is 12.2 Å². The second-order valence-corrected chi connectivity index (χ2v) is 9.79. The van der Waals surface area contributed by atoms with Crippen LogP contribution in [0.5, 0.6) is 0 Å². The van der Waals surface area contributed by atoms with Crippen LogP contribution in [-0.2, 0) is 11.2 Å². The molecule has 0 radical (unpaired) electrons. The zero-order valence-corrected chi connectivity index (χ0v) is 20.2. The van der Waals surface area contributed by atoms with Crippen molar-refractivity contribution in [3.63, 3.8) is 0 Å². The lowest BCUT2D eigenvalue weighted by Crippen LogP contribution is -2.16. The van der Waals surface area contributed by atoms with Crippen LogP contribution in [0.1, 0.15) is 102 Å². The van der Waals surface area contributed by atoms with Crippen molar-refractivity contribution in [1.29, 1.82) is 0 Å². The van der Waals surface area contributed by atoms with Crippen LogP contribution in [0.15, 0.2) is 30.4 Å². The average Bonchev–Trinajstić information content (AvgIpc) is 2.81. The highest BCUT2D eigenvalue weighted by Crippen LogP contribution is 2.33. The van der Waals surface area contributed by atoms with Crippen LogP contribution in [0.2, 0.25) is 0 Å². The molecule has 0 N–H and O–H groups in total. The minimum atomic E-state index is -0.683. The predicted octanol–water partition coefficient (Wildman–Crippen LogP) is 8.81. The highest BCUT2D eigenvalue weighted by Gasteiger charge is 2.21. The summed E-state index contributed by atoms with van der Waals surface area (Å²) < 4.78 is 35.4. The average molecular weight is 445 g/mol. The molecule has 3 heteroatoms. The van der Waals surface area contributed by atoms with E-state index in [4.69, 9.17) is 4.74 Å². The van der Waals surface area contributed by atoms with Gasteiger partial charge in [-0.15, -0.1) is 0 Å². The van der Waals surface area contributed by atoms with Crippen molar-refractivity contribution >= 4 is 5.57 Å². The summed E-state index contributed by atoms with van der Waals surface area (Å²) in [7, 11) is 0. The molecule has 32 heavy (non-hydrogen) atoms. The maximum Gasteiger partial charge on any atom is 0.166 e. The molecule has 1 aromatic carbocycles. The fraction of sp³-hybridized carbons (Fsp3) is 0.655. The van der Waals surface area contributed by atoms with Crippen LogP contribution < -0.4 is 0 Å². The van der Waals surface area contributed by atoms with Crippen molar-refractivity contribution in [3.8, 4) is 0 Å². The molecule has 0 saturated heterocycles. The first-order chi connectivity index (χ1) is 15.6. The number of unbranched alkanes of at least 4 members (excludes halogenated alkanes) is 1.